The van der Waals surface area contributed by atoms with E-state index in [9.17, 15) is 9.59 Å². The van der Waals surface area contributed by atoms with Crippen molar-refractivity contribution in [2.24, 2.45) is 11.3 Å². The zero-order valence-electron chi connectivity index (χ0n) is 12.1. The van der Waals surface area contributed by atoms with E-state index in [0.29, 0.717) is 17.5 Å². The Hall–Kier alpha value is -1.75. The van der Waals surface area contributed by atoms with Crippen molar-refractivity contribution in [2.45, 2.75) is 26.7 Å². The van der Waals surface area contributed by atoms with Crippen LogP contribution in [-0.4, -0.2) is 23.7 Å². The van der Waals surface area contributed by atoms with Gasteiger partial charge in [-0.3, -0.25) is 0 Å². The zero-order chi connectivity index (χ0) is 15.6. The molecule has 1 fully saturated rings. The first kappa shape index (κ1) is 15.6. The van der Waals surface area contributed by atoms with Gasteiger partial charge in [-0.25, -0.2) is 9.59 Å². The molecule has 2 rings (SSSR count). The van der Waals surface area contributed by atoms with Crippen molar-refractivity contribution < 1.29 is 14.7 Å². The standard InChI is InChI=1S/C15H19ClN2O3/c1-9(2)15(5-6-15)8-17-14(21)18-12-4-3-10(16)7-11(12)13(19)20/h3-4,7,9H,5-6,8H2,1-2H3,(H,19,20)(H2,17,18,21). The summed E-state index contributed by atoms with van der Waals surface area (Å²) in [6.07, 6.45) is 2.23. The van der Waals surface area contributed by atoms with Crippen LogP contribution >= 0.6 is 11.6 Å². The number of carbonyl (C=O) groups excluding carboxylic acids is 1. The number of halogens is 1. The van der Waals surface area contributed by atoms with Gasteiger partial charge in [0.15, 0.2) is 0 Å². The number of hydrogen-bond donors (Lipinski definition) is 3. The number of aromatic carboxylic acids is 1. The molecule has 0 aromatic heterocycles. The lowest BCUT2D eigenvalue weighted by Crippen LogP contribution is -2.35. The van der Waals surface area contributed by atoms with Crippen molar-refractivity contribution in [2.75, 3.05) is 11.9 Å². The molecule has 3 N–H and O–H groups in total. The Balaban J connectivity index is 1.99. The second-order valence-electron chi connectivity index (χ2n) is 5.82. The molecule has 21 heavy (non-hydrogen) atoms. The summed E-state index contributed by atoms with van der Waals surface area (Å²) in [5.74, 6) is -0.614. The summed E-state index contributed by atoms with van der Waals surface area (Å²) in [5.41, 5.74) is 0.411. The number of carbonyl (C=O) groups is 2. The van der Waals surface area contributed by atoms with Crippen LogP contribution in [0, 0.1) is 11.3 Å². The van der Waals surface area contributed by atoms with E-state index < -0.39 is 12.0 Å². The molecule has 1 saturated carbocycles. The van der Waals surface area contributed by atoms with E-state index >= 15 is 0 Å². The molecule has 0 radical (unpaired) electrons. The number of anilines is 1. The number of urea groups is 1. The molecule has 0 unspecified atom stereocenters. The minimum Gasteiger partial charge on any atom is -0.478 e. The average Bonchev–Trinajstić information content (AvgIpc) is 3.19. The van der Waals surface area contributed by atoms with Crippen LogP contribution in [0.25, 0.3) is 0 Å². The van der Waals surface area contributed by atoms with E-state index in [0.717, 1.165) is 12.8 Å². The van der Waals surface area contributed by atoms with Gasteiger partial charge in [-0.1, -0.05) is 25.4 Å². The summed E-state index contributed by atoms with van der Waals surface area (Å²) >= 11 is 5.77. The fourth-order valence-electron chi connectivity index (χ4n) is 2.34. The minimum absolute atomic E-state index is 0.0253. The molecule has 6 heteroatoms. The van der Waals surface area contributed by atoms with Crippen LogP contribution in [0.1, 0.15) is 37.0 Å². The van der Waals surface area contributed by atoms with Gasteiger partial charge in [0.25, 0.3) is 0 Å². The van der Waals surface area contributed by atoms with Gasteiger partial charge in [0, 0.05) is 11.6 Å². The van der Waals surface area contributed by atoms with Gasteiger partial charge in [0.1, 0.15) is 0 Å². The van der Waals surface area contributed by atoms with Gasteiger partial charge in [0.2, 0.25) is 0 Å². The highest BCUT2D eigenvalue weighted by atomic mass is 35.5. The van der Waals surface area contributed by atoms with E-state index in [-0.39, 0.29) is 16.7 Å². The van der Waals surface area contributed by atoms with Gasteiger partial charge in [-0.2, -0.15) is 0 Å². The number of rotatable bonds is 5. The summed E-state index contributed by atoms with van der Waals surface area (Å²) in [4.78, 5) is 23.1. The third kappa shape index (κ3) is 3.67. The van der Waals surface area contributed by atoms with Crippen molar-refractivity contribution in [1.29, 1.82) is 0 Å². The maximum absolute atomic E-state index is 11.9. The lowest BCUT2D eigenvalue weighted by atomic mass is 9.92. The summed E-state index contributed by atoms with van der Waals surface area (Å²) in [6, 6.07) is 3.95. The van der Waals surface area contributed by atoms with Crippen LogP contribution in [0.4, 0.5) is 10.5 Å². The van der Waals surface area contributed by atoms with Crippen molar-refractivity contribution in [1.82, 2.24) is 5.32 Å². The molecule has 0 saturated heterocycles. The molecule has 114 valence electrons. The van der Waals surface area contributed by atoms with Gasteiger partial charge in [-0.15, -0.1) is 0 Å². The van der Waals surface area contributed by atoms with Crippen LogP contribution in [-0.2, 0) is 0 Å². The van der Waals surface area contributed by atoms with Crippen molar-refractivity contribution in [3.63, 3.8) is 0 Å². The Labute approximate surface area is 128 Å². The number of nitrogens with one attached hydrogen (secondary N) is 2. The van der Waals surface area contributed by atoms with Crippen LogP contribution in [0.3, 0.4) is 0 Å². The van der Waals surface area contributed by atoms with Crippen LogP contribution in [0.15, 0.2) is 18.2 Å². The lowest BCUT2D eigenvalue weighted by molar-refractivity contribution is 0.0698. The Morgan fingerprint density at radius 2 is 2.05 bits per heavy atom. The third-order valence-corrected chi connectivity index (χ3v) is 4.41. The van der Waals surface area contributed by atoms with Gasteiger partial charge in [-0.05, 0) is 42.4 Å². The van der Waals surface area contributed by atoms with Crippen LogP contribution in [0.5, 0.6) is 0 Å². The van der Waals surface area contributed by atoms with Gasteiger partial charge < -0.3 is 15.7 Å². The largest absolute Gasteiger partial charge is 0.478 e. The van der Waals surface area contributed by atoms with Gasteiger partial charge in [0.05, 0.1) is 11.3 Å². The van der Waals surface area contributed by atoms with E-state index in [2.05, 4.69) is 24.5 Å². The predicted molar refractivity (Wildman–Crippen MR) is 81.9 cm³/mol. The summed E-state index contributed by atoms with van der Waals surface area (Å²) in [7, 11) is 0. The number of carboxylic acids is 1. The van der Waals surface area contributed by atoms with E-state index in [1.54, 1.807) is 6.07 Å². The first-order chi connectivity index (χ1) is 9.84. The second-order valence-corrected chi connectivity index (χ2v) is 6.26. The van der Waals surface area contributed by atoms with Crippen molar-refractivity contribution in [3.05, 3.63) is 28.8 Å². The first-order valence-corrected chi connectivity index (χ1v) is 7.29. The molecule has 0 heterocycles. The third-order valence-electron chi connectivity index (χ3n) is 4.18. The Bertz CT molecular complexity index is 568. The fraction of sp³-hybridized carbons (Fsp3) is 0.467. The highest BCUT2D eigenvalue weighted by Crippen LogP contribution is 2.51. The minimum atomic E-state index is -1.13. The maximum Gasteiger partial charge on any atom is 0.337 e. The summed E-state index contributed by atoms with van der Waals surface area (Å²) in [6.45, 7) is 4.90. The SMILES string of the molecule is CC(C)C1(CNC(=O)Nc2ccc(Cl)cc2C(=O)O)CC1. The van der Waals surface area contributed by atoms with E-state index in [1.165, 1.54) is 12.1 Å². The average molecular weight is 311 g/mol. The van der Waals surface area contributed by atoms with Crippen LogP contribution < -0.4 is 10.6 Å². The molecule has 0 atom stereocenters. The molecule has 1 aliphatic rings. The topological polar surface area (TPSA) is 78.4 Å². The van der Waals surface area contributed by atoms with Gasteiger partial charge >= 0.3 is 12.0 Å². The normalized spacial score (nSPS) is 15.6. The molecule has 0 aliphatic heterocycles. The molecule has 0 spiro atoms. The zero-order valence-corrected chi connectivity index (χ0v) is 12.8. The molecule has 0 bridgehead atoms. The fourth-order valence-corrected chi connectivity index (χ4v) is 2.52. The quantitative estimate of drug-likeness (QED) is 0.777. The molecular formula is C15H19ClN2O3. The highest BCUT2D eigenvalue weighted by molar-refractivity contribution is 6.31. The van der Waals surface area contributed by atoms with Crippen molar-refractivity contribution in [3.8, 4) is 0 Å². The predicted octanol–water partition coefficient (Wildman–Crippen LogP) is 3.60. The highest BCUT2D eigenvalue weighted by Gasteiger charge is 2.45. The number of benzene rings is 1. The van der Waals surface area contributed by atoms with E-state index in [4.69, 9.17) is 16.7 Å². The summed E-state index contributed by atoms with van der Waals surface area (Å²) in [5, 5.41) is 14.8. The lowest BCUT2D eigenvalue weighted by Gasteiger charge is -2.20. The Kier molecular flexibility index (Phi) is 4.42. The Morgan fingerprint density at radius 3 is 2.57 bits per heavy atom. The number of carboxylic acid groups (broad SMARTS) is 1. The molecule has 5 nitrogen and oxygen atoms in total. The first-order valence-electron chi connectivity index (χ1n) is 6.92. The molecule has 1 aromatic rings. The molecule has 1 aliphatic carbocycles. The number of amides is 2. The monoisotopic (exact) mass is 310 g/mol. The maximum atomic E-state index is 11.9. The van der Waals surface area contributed by atoms with Crippen LogP contribution in [0.2, 0.25) is 5.02 Å². The van der Waals surface area contributed by atoms with E-state index in [1.807, 2.05) is 0 Å². The molecular weight excluding hydrogens is 292 g/mol. The Morgan fingerprint density at radius 1 is 1.38 bits per heavy atom. The van der Waals surface area contributed by atoms with Crippen molar-refractivity contribution >= 4 is 29.3 Å². The second kappa shape index (κ2) is 5.93. The smallest absolute Gasteiger partial charge is 0.337 e. The number of hydrogen-bond acceptors (Lipinski definition) is 2. The molecule has 1 aromatic carbocycles. The summed E-state index contributed by atoms with van der Waals surface area (Å²) < 4.78 is 0. The molecule has 2 amide bonds.